The van der Waals surface area contributed by atoms with E-state index in [1.54, 1.807) is 7.11 Å². The summed E-state index contributed by atoms with van der Waals surface area (Å²) in [6.45, 7) is 3.41. The van der Waals surface area contributed by atoms with Gasteiger partial charge in [0, 0.05) is 29.6 Å². The molecule has 0 bridgehead atoms. The van der Waals surface area contributed by atoms with E-state index in [4.69, 9.17) is 4.74 Å². The summed E-state index contributed by atoms with van der Waals surface area (Å²) in [6, 6.07) is 6.07. The zero-order valence-electron chi connectivity index (χ0n) is 11.3. The fourth-order valence-electron chi connectivity index (χ4n) is 2.78. The second-order valence-corrected chi connectivity index (χ2v) is 4.91. The van der Waals surface area contributed by atoms with Crippen molar-refractivity contribution in [2.45, 2.75) is 26.3 Å². The number of hydrogen-bond acceptors (Lipinski definition) is 2. The van der Waals surface area contributed by atoms with Crippen molar-refractivity contribution in [1.29, 1.82) is 0 Å². The molecule has 1 aliphatic rings. The molecule has 3 rings (SSSR count). The number of nitrogens with zero attached hydrogens (tertiary/aromatic N) is 1. The number of benzene rings is 1. The molecular formula is C15H18N2O2. The predicted molar refractivity (Wildman–Crippen MR) is 74.3 cm³/mol. The van der Waals surface area contributed by atoms with Crippen molar-refractivity contribution in [3.8, 4) is 5.75 Å². The highest BCUT2D eigenvalue weighted by Gasteiger charge is 2.23. The molecule has 2 aromatic rings. The van der Waals surface area contributed by atoms with Crippen LogP contribution in [0.5, 0.6) is 5.75 Å². The van der Waals surface area contributed by atoms with Crippen molar-refractivity contribution in [2.75, 3.05) is 13.7 Å². The number of nitrogens with one attached hydrogen (secondary N) is 1. The molecule has 0 fully saturated rings. The molecular weight excluding hydrogens is 240 g/mol. The minimum Gasteiger partial charge on any atom is -0.497 e. The summed E-state index contributed by atoms with van der Waals surface area (Å²) < 4.78 is 5.28. The van der Waals surface area contributed by atoms with E-state index in [9.17, 15) is 4.79 Å². The van der Waals surface area contributed by atoms with Gasteiger partial charge in [-0.15, -0.1) is 0 Å². The first-order chi connectivity index (χ1) is 9.22. The molecule has 0 atom stereocenters. The summed E-state index contributed by atoms with van der Waals surface area (Å²) in [5, 5.41) is 1.22. The van der Waals surface area contributed by atoms with Gasteiger partial charge in [-0.25, -0.2) is 0 Å². The topological polar surface area (TPSA) is 45.3 Å². The number of aromatic amines is 1. The van der Waals surface area contributed by atoms with Crippen LogP contribution in [0.15, 0.2) is 18.2 Å². The van der Waals surface area contributed by atoms with Gasteiger partial charge in [0.1, 0.15) is 5.75 Å². The van der Waals surface area contributed by atoms with Crippen LogP contribution in [0.3, 0.4) is 0 Å². The van der Waals surface area contributed by atoms with Crippen molar-refractivity contribution in [3.05, 3.63) is 29.5 Å². The zero-order chi connectivity index (χ0) is 13.4. The number of carbonyl (C=O) groups is 1. The highest BCUT2D eigenvalue weighted by molar-refractivity contribution is 5.87. The minimum atomic E-state index is 0.224. The largest absolute Gasteiger partial charge is 0.497 e. The molecule has 100 valence electrons. The molecule has 1 aromatic carbocycles. The maximum atomic E-state index is 11.8. The second-order valence-electron chi connectivity index (χ2n) is 4.91. The van der Waals surface area contributed by atoms with Gasteiger partial charge < -0.3 is 14.6 Å². The lowest BCUT2D eigenvalue weighted by molar-refractivity contribution is -0.131. The van der Waals surface area contributed by atoms with Crippen molar-refractivity contribution >= 4 is 16.8 Å². The van der Waals surface area contributed by atoms with Crippen LogP contribution in [0.25, 0.3) is 10.9 Å². The van der Waals surface area contributed by atoms with Crippen molar-refractivity contribution in [1.82, 2.24) is 9.88 Å². The Balaban J connectivity index is 2.00. The smallest absolute Gasteiger partial charge is 0.222 e. The van der Waals surface area contributed by atoms with Crippen molar-refractivity contribution in [3.63, 3.8) is 0 Å². The molecule has 19 heavy (non-hydrogen) atoms. The minimum absolute atomic E-state index is 0.224. The molecule has 0 saturated heterocycles. The Morgan fingerprint density at radius 3 is 3.05 bits per heavy atom. The summed E-state index contributed by atoms with van der Waals surface area (Å²) in [5.41, 5.74) is 3.61. The van der Waals surface area contributed by atoms with Crippen molar-refractivity contribution < 1.29 is 9.53 Å². The van der Waals surface area contributed by atoms with Gasteiger partial charge in [0.15, 0.2) is 0 Å². The Hall–Kier alpha value is -1.97. The van der Waals surface area contributed by atoms with Crippen LogP contribution < -0.4 is 4.74 Å². The van der Waals surface area contributed by atoms with Gasteiger partial charge in [-0.1, -0.05) is 6.92 Å². The fourth-order valence-corrected chi connectivity index (χ4v) is 2.78. The number of rotatable bonds is 2. The first-order valence-corrected chi connectivity index (χ1v) is 6.68. The van der Waals surface area contributed by atoms with Crippen LogP contribution in [-0.4, -0.2) is 29.4 Å². The number of amides is 1. The normalized spacial score (nSPS) is 14.5. The van der Waals surface area contributed by atoms with Crippen LogP contribution >= 0.6 is 0 Å². The Morgan fingerprint density at radius 2 is 2.32 bits per heavy atom. The molecule has 0 spiro atoms. The first-order valence-electron chi connectivity index (χ1n) is 6.68. The average molecular weight is 258 g/mol. The summed E-state index contributed by atoms with van der Waals surface area (Å²) in [5.74, 6) is 1.10. The SMILES string of the molecule is CCC(=O)N1CCc2c([nH]c3ccc(OC)cc23)C1. The van der Waals surface area contributed by atoms with Crippen molar-refractivity contribution in [2.24, 2.45) is 0 Å². The molecule has 4 nitrogen and oxygen atoms in total. The molecule has 2 heterocycles. The Kier molecular flexibility index (Phi) is 2.93. The van der Waals surface area contributed by atoms with E-state index in [0.29, 0.717) is 13.0 Å². The predicted octanol–water partition coefficient (Wildman–Crippen LogP) is 2.47. The Labute approximate surface area is 112 Å². The summed E-state index contributed by atoms with van der Waals surface area (Å²) in [6.07, 6.45) is 1.48. The van der Waals surface area contributed by atoms with Gasteiger partial charge in [-0.3, -0.25) is 4.79 Å². The molecule has 0 saturated carbocycles. The quantitative estimate of drug-likeness (QED) is 0.899. The van der Waals surface area contributed by atoms with E-state index in [1.807, 2.05) is 24.0 Å². The molecule has 1 aliphatic heterocycles. The van der Waals surface area contributed by atoms with E-state index < -0.39 is 0 Å². The van der Waals surface area contributed by atoms with Gasteiger partial charge in [0.25, 0.3) is 0 Å². The van der Waals surface area contributed by atoms with Crippen LogP contribution in [0, 0.1) is 0 Å². The number of ether oxygens (including phenoxy) is 1. The lowest BCUT2D eigenvalue weighted by Crippen LogP contribution is -2.35. The maximum absolute atomic E-state index is 11.8. The highest BCUT2D eigenvalue weighted by Crippen LogP contribution is 2.30. The zero-order valence-corrected chi connectivity index (χ0v) is 11.3. The number of fused-ring (bicyclic) bond motifs is 3. The van der Waals surface area contributed by atoms with Crippen LogP contribution in [0.2, 0.25) is 0 Å². The number of aromatic nitrogens is 1. The number of carbonyl (C=O) groups excluding carboxylic acids is 1. The molecule has 1 N–H and O–H groups in total. The third kappa shape index (κ3) is 1.97. The van der Waals surface area contributed by atoms with Gasteiger partial charge in [0.2, 0.25) is 5.91 Å². The maximum Gasteiger partial charge on any atom is 0.222 e. The van der Waals surface area contributed by atoms with E-state index in [2.05, 4.69) is 11.1 Å². The van der Waals surface area contributed by atoms with E-state index >= 15 is 0 Å². The van der Waals surface area contributed by atoms with Gasteiger partial charge in [0.05, 0.1) is 13.7 Å². The lowest BCUT2D eigenvalue weighted by atomic mass is 10.0. The third-order valence-electron chi connectivity index (χ3n) is 3.84. The Bertz CT molecular complexity index is 630. The van der Waals surface area contributed by atoms with Crippen LogP contribution in [0.1, 0.15) is 24.6 Å². The van der Waals surface area contributed by atoms with E-state index in [0.717, 1.165) is 29.9 Å². The third-order valence-corrected chi connectivity index (χ3v) is 3.84. The lowest BCUT2D eigenvalue weighted by Gasteiger charge is -2.26. The monoisotopic (exact) mass is 258 g/mol. The second kappa shape index (κ2) is 4.61. The average Bonchev–Trinajstić information content (AvgIpc) is 2.82. The number of H-pyrrole nitrogens is 1. The molecule has 4 heteroatoms. The molecule has 1 amide bonds. The van der Waals surface area contributed by atoms with Gasteiger partial charge in [-0.2, -0.15) is 0 Å². The van der Waals surface area contributed by atoms with Gasteiger partial charge >= 0.3 is 0 Å². The summed E-state index contributed by atoms with van der Waals surface area (Å²) >= 11 is 0. The van der Waals surface area contributed by atoms with Crippen LogP contribution in [-0.2, 0) is 17.8 Å². The Morgan fingerprint density at radius 1 is 1.47 bits per heavy atom. The number of hydrogen-bond donors (Lipinski definition) is 1. The summed E-state index contributed by atoms with van der Waals surface area (Å²) in [7, 11) is 1.68. The van der Waals surface area contributed by atoms with E-state index in [1.165, 1.54) is 10.9 Å². The van der Waals surface area contributed by atoms with Crippen LogP contribution in [0.4, 0.5) is 0 Å². The molecule has 1 aromatic heterocycles. The summed E-state index contributed by atoms with van der Waals surface area (Å²) in [4.78, 5) is 17.1. The fraction of sp³-hybridized carbons (Fsp3) is 0.400. The standard InChI is InChI=1S/C15H18N2O2/c1-3-15(18)17-7-6-11-12-8-10(19-2)4-5-13(12)16-14(11)9-17/h4-5,8,16H,3,6-7,9H2,1-2H3. The number of methoxy groups -OCH3 is 1. The van der Waals surface area contributed by atoms with Gasteiger partial charge in [-0.05, 0) is 30.2 Å². The molecule has 0 aliphatic carbocycles. The van der Waals surface area contributed by atoms with E-state index in [-0.39, 0.29) is 5.91 Å². The molecule has 0 unspecified atom stereocenters. The molecule has 0 radical (unpaired) electrons. The first kappa shape index (κ1) is 12.1. The highest BCUT2D eigenvalue weighted by atomic mass is 16.5.